The van der Waals surface area contributed by atoms with Gasteiger partial charge in [-0.1, -0.05) is 24.3 Å². The van der Waals surface area contributed by atoms with Gasteiger partial charge in [-0.05, 0) is 53.3 Å². The zero-order chi connectivity index (χ0) is 19.0. The highest BCUT2D eigenvalue weighted by molar-refractivity contribution is 5.86. The zero-order valence-corrected chi connectivity index (χ0v) is 14.2. The Morgan fingerprint density at radius 3 is 2.63 bits per heavy atom. The number of nitro benzene ring substituents is 1. The Labute approximate surface area is 154 Å². The molecule has 0 N–H and O–H groups in total. The molecule has 4 rings (SSSR count). The van der Waals surface area contributed by atoms with E-state index in [4.69, 9.17) is 0 Å². The number of non-ortho nitro benzene ring substituents is 1. The van der Waals surface area contributed by atoms with Crippen LogP contribution >= 0.6 is 0 Å². The predicted molar refractivity (Wildman–Crippen MR) is 97.2 cm³/mol. The molecule has 0 unspecified atom stereocenters. The number of rotatable bonds is 4. The molecule has 3 aromatic rings. The third kappa shape index (κ3) is 3.10. The van der Waals surface area contributed by atoms with Crippen LogP contribution in [0.15, 0.2) is 54.7 Å². The number of carboxylic acid groups (broad SMARTS) is 1. The summed E-state index contributed by atoms with van der Waals surface area (Å²) in [6.07, 6.45) is 5.39. The Morgan fingerprint density at radius 1 is 1.15 bits per heavy atom. The molecule has 0 fully saturated rings. The van der Waals surface area contributed by atoms with Crippen molar-refractivity contribution < 1.29 is 14.8 Å². The molecule has 0 amide bonds. The minimum absolute atomic E-state index is 0.0500. The lowest BCUT2D eigenvalue weighted by Gasteiger charge is -2.09. The van der Waals surface area contributed by atoms with E-state index in [0.29, 0.717) is 0 Å². The van der Waals surface area contributed by atoms with Crippen LogP contribution in [0.5, 0.6) is 0 Å². The second kappa shape index (κ2) is 6.53. The number of hydrogen-bond acceptors (Lipinski definition) is 5. The molecular weight excluding hydrogens is 346 g/mol. The molecule has 0 radical (unpaired) electrons. The number of carbonyl (C=O) groups is 1. The first kappa shape index (κ1) is 16.7. The summed E-state index contributed by atoms with van der Waals surface area (Å²) in [5.41, 5.74) is 4.73. The summed E-state index contributed by atoms with van der Waals surface area (Å²) in [4.78, 5) is 21.5. The number of aromatic carboxylic acids is 1. The smallest absolute Gasteiger partial charge is 0.270 e. The fraction of sp³-hybridized carbons (Fsp3) is 0.100. The first-order valence-corrected chi connectivity index (χ1v) is 8.37. The lowest BCUT2D eigenvalue weighted by Crippen LogP contribution is -2.22. The maximum absolute atomic E-state index is 11.0. The quantitative estimate of drug-likeness (QED) is 0.526. The third-order valence-electron chi connectivity index (χ3n) is 4.58. The van der Waals surface area contributed by atoms with E-state index in [1.54, 1.807) is 35.1 Å². The van der Waals surface area contributed by atoms with Crippen molar-refractivity contribution in [2.24, 2.45) is 0 Å². The molecule has 1 aliphatic rings. The van der Waals surface area contributed by atoms with Crippen molar-refractivity contribution in [1.29, 1.82) is 0 Å². The van der Waals surface area contributed by atoms with Crippen molar-refractivity contribution in [1.82, 2.24) is 9.78 Å². The summed E-state index contributed by atoms with van der Waals surface area (Å²) in [7, 11) is 0. The highest BCUT2D eigenvalue weighted by atomic mass is 16.6. The van der Waals surface area contributed by atoms with Gasteiger partial charge in [-0.25, -0.2) is 4.68 Å². The molecule has 7 heteroatoms. The van der Waals surface area contributed by atoms with Crippen molar-refractivity contribution in [2.75, 3.05) is 0 Å². The monoisotopic (exact) mass is 360 g/mol. The van der Waals surface area contributed by atoms with Gasteiger partial charge in [0.2, 0.25) is 0 Å². The van der Waals surface area contributed by atoms with Gasteiger partial charge >= 0.3 is 0 Å². The summed E-state index contributed by atoms with van der Waals surface area (Å²) in [5, 5.41) is 26.3. The molecule has 0 spiro atoms. The number of nitrogens with zero attached hydrogens (tertiary/aromatic N) is 3. The first-order valence-electron chi connectivity index (χ1n) is 8.37. The van der Waals surface area contributed by atoms with Gasteiger partial charge in [0.1, 0.15) is 0 Å². The largest absolute Gasteiger partial charge is 0.545 e. The maximum Gasteiger partial charge on any atom is 0.270 e. The summed E-state index contributed by atoms with van der Waals surface area (Å²) < 4.78 is 1.77. The number of benzene rings is 2. The van der Waals surface area contributed by atoms with Gasteiger partial charge in [-0.2, -0.15) is 5.10 Å². The van der Waals surface area contributed by atoms with Crippen LogP contribution in [0.25, 0.3) is 17.3 Å². The fourth-order valence-corrected chi connectivity index (χ4v) is 3.30. The number of nitro groups is 1. The van der Waals surface area contributed by atoms with Crippen molar-refractivity contribution in [2.45, 2.75) is 12.8 Å². The number of allylic oxidation sites excluding steroid dienone is 1. The van der Waals surface area contributed by atoms with Crippen LogP contribution in [0.3, 0.4) is 0 Å². The van der Waals surface area contributed by atoms with Gasteiger partial charge in [0, 0.05) is 12.1 Å². The molecular formula is C20H14N3O4-. The van der Waals surface area contributed by atoms with E-state index in [1.165, 1.54) is 18.2 Å². The van der Waals surface area contributed by atoms with Gasteiger partial charge < -0.3 is 9.90 Å². The standard InChI is InChI=1S/C20H15N3O4/c24-20(25)14-6-8-17(9-7-14)22-19-15(4-5-16(19)12-21-22)10-13-2-1-3-18(11-13)23(26)27/h1-3,6-12H,4-5H2,(H,24,25)/p-1/b15-10+. The second-order valence-electron chi connectivity index (χ2n) is 6.29. The number of carbonyl (C=O) groups excluding carboxylic acids is 1. The maximum atomic E-state index is 11.0. The lowest BCUT2D eigenvalue weighted by atomic mass is 10.1. The highest BCUT2D eigenvalue weighted by Gasteiger charge is 2.22. The lowest BCUT2D eigenvalue weighted by molar-refractivity contribution is -0.384. The highest BCUT2D eigenvalue weighted by Crippen LogP contribution is 2.35. The van der Waals surface area contributed by atoms with Crippen LogP contribution in [0.2, 0.25) is 0 Å². The number of fused-ring (bicyclic) bond motifs is 1. The van der Waals surface area contributed by atoms with Crippen LogP contribution in [0.4, 0.5) is 5.69 Å². The van der Waals surface area contributed by atoms with Gasteiger partial charge in [0.15, 0.2) is 0 Å². The SMILES string of the molecule is O=C([O-])c1ccc(-n2ncc3c2/C(=C/c2cccc([N+](=O)[O-])c2)CC3)cc1. The normalized spacial score (nSPS) is 14.3. The van der Waals surface area contributed by atoms with Gasteiger partial charge in [0.25, 0.3) is 5.69 Å². The molecule has 27 heavy (non-hydrogen) atoms. The zero-order valence-electron chi connectivity index (χ0n) is 14.2. The van der Waals surface area contributed by atoms with E-state index in [1.807, 2.05) is 12.1 Å². The Bertz CT molecular complexity index is 1080. The van der Waals surface area contributed by atoms with E-state index in [2.05, 4.69) is 5.10 Å². The Balaban J connectivity index is 1.74. The van der Waals surface area contributed by atoms with Crippen molar-refractivity contribution in [3.63, 3.8) is 0 Å². The van der Waals surface area contributed by atoms with Gasteiger partial charge in [-0.15, -0.1) is 0 Å². The predicted octanol–water partition coefficient (Wildman–Crippen LogP) is 2.63. The minimum Gasteiger partial charge on any atom is -0.545 e. The number of hydrogen-bond donors (Lipinski definition) is 0. The molecule has 7 nitrogen and oxygen atoms in total. The molecule has 1 aliphatic carbocycles. The average molecular weight is 360 g/mol. The van der Waals surface area contributed by atoms with Crippen LogP contribution in [-0.4, -0.2) is 20.7 Å². The summed E-state index contributed by atoms with van der Waals surface area (Å²) >= 11 is 0. The second-order valence-corrected chi connectivity index (χ2v) is 6.29. The van der Waals surface area contributed by atoms with Crippen LogP contribution in [-0.2, 0) is 6.42 Å². The number of aromatic nitrogens is 2. The first-order chi connectivity index (χ1) is 13.0. The summed E-state index contributed by atoms with van der Waals surface area (Å²) in [5.74, 6) is -1.22. The molecule has 0 bridgehead atoms. The molecule has 1 heterocycles. The Kier molecular flexibility index (Phi) is 4.04. The van der Waals surface area contributed by atoms with Crippen LogP contribution < -0.4 is 5.11 Å². The summed E-state index contributed by atoms with van der Waals surface area (Å²) in [6, 6.07) is 12.8. The van der Waals surface area contributed by atoms with E-state index in [-0.39, 0.29) is 11.3 Å². The van der Waals surface area contributed by atoms with Gasteiger partial charge in [0.05, 0.1) is 28.5 Å². The van der Waals surface area contributed by atoms with E-state index < -0.39 is 10.9 Å². The number of aryl methyl sites for hydroxylation is 1. The van der Waals surface area contributed by atoms with Gasteiger partial charge in [-0.3, -0.25) is 10.1 Å². The molecule has 0 saturated carbocycles. The molecule has 0 aliphatic heterocycles. The van der Waals surface area contributed by atoms with Crippen molar-refractivity contribution >= 4 is 23.3 Å². The minimum atomic E-state index is -1.22. The van der Waals surface area contributed by atoms with E-state index in [0.717, 1.165) is 40.9 Å². The molecule has 0 atom stereocenters. The van der Waals surface area contributed by atoms with Crippen LogP contribution in [0.1, 0.15) is 33.6 Å². The fourth-order valence-electron chi connectivity index (χ4n) is 3.30. The topological polar surface area (TPSA) is 101 Å². The Hall–Kier alpha value is -3.74. The van der Waals surface area contributed by atoms with E-state index in [9.17, 15) is 20.0 Å². The average Bonchev–Trinajstić information content (AvgIpc) is 3.25. The molecule has 134 valence electrons. The van der Waals surface area contributed by atoms with E-state index >= 15 is 0 Å². The van der Waals surface area contributed by atoms with Crippen LogP contribution in [0, 0.1) is 10.1 Å². The molecule has 1 aromatic heterocycles. The third-order valence-corrected chi connectivity index (χ3v) is 4.58. The molecule has 0 saturated heterocycles. The Morgan fingerprint density at radius 2 is 1.93 bits per heavy atom. The number of carboxylic acids is 1. The van der Waals surface area contributed by atoms with Crippen molar-refractivity contribution in [3.8, 4) is 5.69 Å². The summed E-state index contributed by atoms with van der Waals surface area (Å²) in [6.45, 7) is 0. The molecule has 2 aromatic carbocycles. The van der Waals surface area contributed by atoms with Crippen molar-refractivity contribution in [3.05, 3.63) is 87.2 Å².